The summed E-state index contributed by atoms with van der Waals surface area (Å²) in [6, 6.07) is 17.5. The molecule has 174 valence electrons. The van der Waals surface area contributed by atoms with Crippen molar-refractivity contribution in [3.05, 3.63) is 102 Å². The number of carbonyl (C=O) groups is 2. The molecule has 35 heavy (non-hydrogen) atoms. The van der Waals surface area contributed by atoms with Crippen LogP contribution in [0, 0.1) is 5.82 Å². The van der Waals surface area contributed by atoms with Crippen molar-refractivity contribution >= 4 is 23.1 Å². The van der Waals surface area contributed by atoms with E-state index in [1.54, 1.807) is 48.5 Å². The summed E-state index contributed by atoms with van der Waals surface area (Å²) in [5.74, 6) is -1.62. The molecule has 1 aromatic heterocycles. The molecule has 1 unspecified atom stereocenters. The monoisotopic (exact) mass is 471 g/mol. The third-order valence-electron chi connectivity index (χ3n) is 5.75. The van der Waals surface area contributed by atoms with E-state index in [1.165, 1.54) is 42.7 Å². The number of Topliss-reactive ketones (excluding diaryl/α,β-unsaturated/α-hetero) is 1. The smallest absolute Gasteiger partial charge is 0.300 e. The molecule has 0 bridgehead atoms. The van der Waals surface area contributed by atoms with Crippen LogP contribution < -0.4 is 9.64 Å². The number of anilines is 1. The van der Waals surface area contributed by atoms with Gasteiger partial charge in [-0.1, -0.05) is 12.1 Å². The fraction of sp³-hybridized carbons (Fsp3) is 0.0769. The van der Waals surface area contributed by atoms with Crippen molar-refractivity contribution in [3.63, 3.8) is 0 Å². The van der Waals surface area contributed by atoms with Gasteiger partial charge in [0.2, 0.25) is 12.3 Å². The van der Waals surface area contributed by atoms with Crippen molar-refractivity contribution in [1.29, 1.82) is 0 Å². The topological polar surface area (TPSA) is 106 Å². The Bertz CT molecular complexity index is 1410. The number of benzene rings is 3. The summed E-state index contributed by atoms with van der Waals surface area (Å²) >= 11 is 0. The van der Waals surface area contributed by atoms with Gasteiger partial charge < -0.3 is 14.3 Å². The maximum atomic E-state index is 13.7. The van der Waals surface area contributed by atoms with E-state index in [2.05, 4.69) is 10.2 Å². The molecule has 1 aliphatic heterocycles. The first kappa shape index (κ1) is 22.0. The van der Waals surface area contributed by atoms with Gasteiger partial charge in [-0.25, -0.2) is 4.39 Å². The molecule has 0 radical (unpaired) electrons. The first-order valence-electron chi connectivity index (χ1n) is 10.6. The first-order chi connectivity index (χ1) is 17.0. The number of halogens is 1. The minimum atomic E-state index is -0.980. The zero-order valence-corrected chi connectivity index (χ0v) is 18.4. The lowest BCUT2D eigenvalue weighted by Gasteiger charge is -2.25. The molecule has 0 aliphatic carbocycles. The van der Waals surface area contributed by atoms with Gasteiger partial charge in [0.05, 0.1) is 18.7 Å². The van der Waals surface area contributed by atoms with Crippen LogP contribution in [0.15, 0.2) is 89.2 Å². The molecule has 5 rings (SSSR count). The molecule has 1 N–H and O–H groups in total. The molecule has 1 aliphatic rings. The van der Waals surface area contributed by atoms with Gasteiger partial charge in [-0.2, -0.15) is 0 Å². The number of rotatable bonds is 5. The van der Waals surface area contributed by atoms with Crippen LogP contribution in [-0.2, 0) is 9.59 Å². The van der Waals surface area contributed by atoms with Gasteiger partial charge in [0.15, 0.2) is 0 Å². The van der Waals surface area contributed by atoms with Gasteiger partial charge in [-0.05, 0) is 66.2 Å². The Hall–Kier alpha value is -4.79. The van der Waals surface area contributed by atoms with Crippen LogP contribution in [0.3, 0.4) is 0 Å². The number of carbonyl (C=O) groups excluding carboxylic acids is 2. The Morgan fingerprint density at radius 1 is 1.00 bits per heavy atom. The first-order valence-corrected chi connectivity index (χ1v) is 10.6. The van der Waals surface area contributed by atoms with Crippen LogP contribution in [0.25, 0.3) is 17.2 Å². The highest BCUT2D eigenvalue weighted by atomic mass is 19.1. The maximum absolute atomic E-state index is 13.7. The lowest BCUT2D eigenvalue weighted by molar-refractivity contribution is -0.132. The third-order valence-corrected chi connectivity index (χ3v) is 5.75. The van der Waals surface area contributed by atoms with Crippen LogP contribution in [0.5, 0.6) is 5.75 Å². The molecule has 0 saturated carbocycles. The minimum Gasteiger partial charge on any atom is -0.507 e. The zero-order chi connectivity index (χ0) is 24.5. The summed E-state index contributed by atoms with van der Waals surface area (Å²) < 4.78 is 24.0. The number of aliphatic hydroxyl groups is 1. The summed E-state index contributed by atoms with van der Waals surface area (Å²) in [5.41, 5.74) is 1.72. The Morgan fingerprint density at radius 2 is 1.69 bits per heavy atom. The van der Waals surface area contributed by atoms with E-state index >= 15 is 0 Å². The van der Waals surface area contributed by atoms with E-state index < -0.39 is 23.5 Å². The number of aliphatic hydroxyl groups excluding tert-OH is 1. The van der Waals surface area contributed by atoms with Crippen LogP contribution in [-0.4, -0.2) is 34.1 Å². The van der Waals surface area contributed by atoms with Gasteiger partial charge in [0.1, 0.15) is 17.3 Å². The van der Waals surface area contributed by atoms with E-state index in [0.29, 0.717) is 34.0 Å². The second kappa shape index (κ2) is 8.86. The van der Waals surface area contributed by atoms with Crippen molar-refractivity contribution in [3.8, 4) is 17.2 Å². The van der Waals surface area contributed by atoms with Gasteiger partial charge in [0.25, 0.3) is 11.7 Å². The molecule has 1 atom stereocenters. The molecule has 2 heterocycles. The van der Waals surface area contributed by atoms with E-state index in [1.807, 2.05) is 0 Å². The minimum absolute atomic E-state index is 0.104. The molecule has 8 nitrogen and oxygen atoms in total. The van der Waals surface area contributed by atoms with Gasteiger partial charge >= 0.3 is 0 Å². The van der Waals surface area contributed by atoms with Gasteiger partial charge in [-0.15, -0.1) is 10.2 Å². The molecule has 9 heteroatoms. The van der Waals surface area contributed by atoms with Crippen molar-refractivity contribution in [2.45, 2.75) is 6.04 Å². The second-order valence-corrected chi connectivity index (χ2v) is 7.74. The Balaban J connectivity index is 1.64. The molecule has 0 spiro atoms. The summed E-state index contributed by atoms with van der Waals surface area (Å²) in [4.78, 5) is 27.7. The number of ether oxygens (including phenoxy) is 1. The number of methoxy groups -OCH3 is 1. The SMILES string of the molecule is COc1ccc(/C(O)=C2/C(=O)C(=O)N(c3ccc(-c4nnco4)cc3)C2c2ccc(F)cc2)cc1. The van der Waals surface area contributed by atoms with E-state index in [-0.39, 0.29) is 11.3 Å². The second-order valence-electron chi connectivity index (χ2n) is 7.74. The molecule has 1 amide bonds. The largest absolute Gasteiger partial charge is 0.507 e. The van der Waals surface area contributed by atoms with Crippen LogP contribution in [0.2, 0.25) is 0 Å². The highest BCUT2D eigenvalue weighted by molar-refractivity contribution is 6.51. The average molecular weight is 471 g/mol. The Kier molecular flexibility index (Phi) is 5.58. The van der Waals surface area contributed by atoms with Crippen LogP contribution in [0.1, 0.15) is 17.2 Å². The summed E-state index contributed by atoms with van der Waals surface area (Å²) in [6.45, 7) is 0. The van der Waals surface area contributed by atoms with E-state index in [4.69, 9.17) is 9.15 Å². The quantitative estimate of drug-likeness (QED) is 0.259. The summed E-state index contributed by atoms with van der Waals surface area (Å²) in [6.07, 6.45) is 1.20. The number of hydrogen-bond acceptors (Lipinski definition) is 7. The van der Waals surface area contributed by atoms with Crippen molar-refractivity contribution in [1.82, 2.24) is 10.2 Å². The Labute approximate surface area is 198 Å². The fourth-order valence-electron chi connectivity index (χ4n) is 4.03. The number of ketones is 1. The molecule has 1 saturated heterocycles. The number of aromatic nitrogens is 2. The normalized spacial score (nSPS) is 17.1. The highest BCUT2D eigenvalue weighted by Gasteiger charge is 2.47. The van der Waals surface area contributed by atoms with Crippen molar-refractivity contribution in [2.24, 2.45) is 0 Å². The fourth-order valence-corrected chi connectivity index (χ4v) is 4.03. The molecule has 4 aromatic rings. The number of hydrogen-bond donors (Lipinski definition) is 1. The van der Waals surface area contributed by atoms with Gasteiger partial charge in [-0.3, -0.25) is 14.5 Å². The predicted molar refractivity (Wildman–Crippen MR) is 124 cm³/mol. The molecule has 1 fully saturated rings. The van der Waals surface area contributed by atoms with E-state index in [0.717, 1.165) is 0 Å². The zero-order valence-electron chi connectivity index (χ0n) is 18.4. The Morgan fingerprint density at radius 3 is 2.29 bits per heavy atom. The maximum Gasteiger partial charge on any atom is 0.300 e. The van der Waals surface area contributed by atoms with Crippen molar-refractivity contribution < 1.29 is 28.2 Å². The standard InChI is InChI=1S/C26H18FN3O5/c1-34-20-12-6-16(7-13-20)23(31)21-22(15-2-8-18(27)9-3-15)30(26(33)24(21)32)19-10-4-17(5-11-19)25-29-28-14-35-25/h2-14,22,31H,1H3/b23-21-. The molecular formula is C26H18FN3O5. The van der Waals surface area contributed by atoms with Crippen LogP contribution in [0.4, 0.5) is 10.1 Å². The third kappa shape index (κ3) is 3.93. The number of nitrogens with zero attached hydrogens (tertiary/aromatic N) is 3. The molecular weight excluding hydrogens is 453 g/mol. The molecule has 3 aromatic carbocycles. The summed E-state index contributed by atoms with van der Waals surface area (Å²) in [7, 11) is 1.51. The summed E-state index contributed by atoms with van der Waals surface area (Å²) in [5, 5.41) is 18.6. The van der Waals surface area contributed by atoms with Crippen molar-refractivity contribution in [2.75, 3.05) is 12.0 Å². The lowest BCUT2D eigenvalue weighted by atomic mass is 9.95. The lowest BCUT2D eigenvalue weighted by Crippen LogP contribution is -2.29. The predicted octanol–water partition coefficient (Wildman–Crippen LogP) is 4.51. The van der Waals surface area contributed by atoms with Gasteiger partial charge in [0, 0.05) is 16.8 Å². The highest BCUT2D eigenvalue weighted by Crippen LogP contribution is 2.42. The average Bonchev–Trinajstić information content (AvgIpc) is 3.52. The van der Waals surface area contributed by atoms with Crippen LogP contribution >= 0.6 is 0 Å². The van der Waals surface area contributed by atoms with E-state index in [9.17, 15) is 19.1 Å². The number of amides is 1.